The van der Waals surface area contributed by atoms with Crippen LogP contribution in [0.15, 0.2) is 18.2 Å². The average molecular weight is 576 g/mol. The number of carboxylic acid groups (broad SMARTS) is 1. The number of aliphatic hydroxyl groups is 1. The van der Waals surface area contributed by atoms with Crippen LogP contribution in [0.5, 0.6) is 5.75 Å². The summed E-state index contributed by atoms with van der Waals surface area (Å²) in [6.45, 7) is 5.76. The Morgan fingerprint density at radius 2 is 1.95 bits per heavy atom. The Hall–Kier alpha value is -2.85. The van der Waals surface area contributed by atoms with E-state index in [1.807, 2.05) is 12.1 Å². The van der Waals surface area contributed by atoms with Gasteiger partial charge in [0, 0.05) is 20.1 Å². The van der Waals surface area contributed by atoms with Crippen LogP contribution in [0.1, 0.15) is 76.8 Å². The van der Waals surface area contributed by atoms with Gasteiger partial charge in [-0.15, -0.1) is 0 Å². The molecular weight excluding hydrogens is 526 g/mol. The molecule has 2 aliphatic rings. The minimum atomic E-state index is -1.10. The SMILES string of the molecule is CCCCCC(CCC1C(O)CC2Cc3c(cccc3OCC(=O)O)CC21)OC(=O)N(C)C(C)(C)C(=O)NCCN. The molecule has 0 aromatic heterocycles. The maximum atomic E-state index is 13.2. The lowest BCUT2D eigenvalue weighted by molar-refractivity contribution is -0.139. The third-order valence-electron chi connectivity index (χ3n) is 9.01. The Morgan fingerprint density at radius 3 is 2.63 bits per heavy atom. The Bertz CT molecular complexity index is 1050. The number of ether oxygens (including phenoxy) is 2. The highest BCUT2D eigenvalue weighted by Gasteiger charge is 2.45. The number of likely N-dealkylation sites (N-methyl/N-ethyl adjacent to an activating group) is 1. The number of unbranched alkanes of at least 4 members (excludes halogenated alkanes) is 2. The molecule has 2 aliphatic carbocycles. The van der Waals surface area contributed by atoms with E-state index in [9.17, 15) is 19.5 Å². The third-order valence-corrected chi connectivity index (χ3v) is 9.01. The van der Waals surface area contributed by atoms with Crippen molar-refractivity contribution in [2.75, 3.05) is 26.7 Å². The van der Waals surface area contributed by atoms with E-state index in [1.165, 1.54) is 4.90 Å². The molecule has 0 heterocycles. The summed E-state index contributed by atoms with van der Waals surface area (Å²) in [5.74, 6) is -0.0110. The molecule has 41 heavy (non-hydrogen) atoms. The van der Waals surface area contributed by atoms with E-state index < -0.39 is 23.7 Å². The van der Waals surface area contributed by atoms with E-state index in [1.54, 1.807) is 20.9 Å². The predicted octanol–water partition coefficient (Wildman–Crippen LogP) is 3.51. The van der Waals surface area contributed by atoms with Gasteiger partial charge in [-0.2, -0.15) is 0 Å². The molecule has 0 aliphatic heterocycles. The first kappa shape index (κ1) is 32.7. The minimum absolute atomic E-state index is 0.0836. The van der Waals surface area contributed by atoms with Crippen LogP contribution in [-0.2, 0) is 27.2 Å². The van der Waals surface area contributed by atoms with Gasteiger partial charge in [0.25, 0.3) is 0 Å². The Balaban J connectivity index is 1.66. The van der Waals surface area contributed by atoms with Crippen molar-refractivity contribution in [3.05, 3.63) is 29.3 Å². The minimum Gasteiger partial charge on any atom is -0.482 e. The molecule has 0 saturated heterocycles. The van der Waals surface area contributed by atoms with Crippen molar-refractivity contribution < 1.29 is 34.1 Å². The van der Waals surface area contributed by atoms with E-state index >= 15 is 0 Å². The Labute approximate surface area is 243 Å². The second kappa shape index (κ2) is 14.9. The van der Waals surface area contributed by atoms with Crippen LogP contribution in [0.2, 0.25) is 0 Å². The molecule has 5 unspecified atom stereocenters. The maximum Gasteiger partial charge on any atom is 0.410 e. The second-order valence-corrected chi connectivity index (χ2v) is 12.1. The van der Waals surface area contributed by atoms with Crippen molar-refractivity contribution >= 4 is 18.0 Å². The molecular formula is C31H49N3O7. The number of aliphatic hydroxyl groups excluding tert-OH is 1. The highest BCUT2D eigenvalue weighted by atomic mass is 16.6. The van der Waals surface area contributed by atoms with Gasteiger partial charge in [-0.1, -0.05) is 31.9 Å². The van der Waals surface area contributed by atoms with Crippen molar-refractivity contribution in [1.29, 1.82) is 0 Å². The number of carbonyl (C=O) groups excluding carboxylic acids is 2. The molecule has 3 rings (SSSR count). The Morgan fingerprint density at radius 1 is 1.20 bits per heavy atom. The van der Waals surface area contributed by atoms with Gasteiger partial charge < -0.3 is 30.7 Å². The molecule has 230 valence electrons. The number of aliphatic carboxylic acids is 1. The molecule has 2 amide bonds. The van der Waals surface area contributed by atoms with Gasteiger partial charge in [-0.05, 0) is 93.7 Å². The second-order valence-electron chi connectivity index (χ2n) is 12.1. The normalized spacial score (nSPS) is 22.3. The van der Waals surface area contributed by atoms with Crippen LogP contribution in [0.4, 0.5) is 4.79 Å². The number of nitrogens with zero attached hydrogens (tertiary/aromatic N) is 1. The van der Waals surface area contributed by atoms with Crippen LogP contribution < -0.4 is 15.8 Å². The number of hydrogen-bond donors (Lipinski definition) is 4. The van der Waals surface area contributed by atoms with Crippen molar-refractivity contribution in [2.45, 2.75) is 96.3 Å². The number of hydrogen-bond acceptors (Lipinski definition) is 7. The first-order valence-electron chi connectivity index (χ1n) is 15.1. The number of amides is 2. The van der Waals surface area contributed by atoms with E-state index in [4.69, 9.17) is 20.3 Å². The van der Waals surface area contributed by atoms with Crippen LogP contribution in [0, 0.1) is 17.8 Å². The fourth-order valence-electron chi connectivity index (χ4n) is 6.35. The summed E-state index contributed by atoms with van der Waals surface area (Å²) in [5, 5.41) is 22.9. The quantitative estimate of drug-likeness (QED) is 0.232. The maximum absolute atomic E-state index is 13.2. The van der Waals surface area contributed by atoms with Gasteiger partial charge in [0.2, 0.25) is 5.91 Å². The lowest BCUT2D eigenvalue weighted by atomic mass is 9.73. The summed E-state index contributed by atoms with van der Waals surface area (Å²) < 4.78 is 11.5. The third kappa shape index (κ3) is 8.35. The van der Waals surface area contributed by atoms with Crippen molar-refractivity contribution in [3.63, 3.8) is 0 Å². The van der Waals surface area contributed by atoms with E-state index in [-0.39, 0.29) is 30.5 Å². The lowest BCUT2D eigenvalue weighted by Gasteiger charge is -2.35. The van der Waals surface area contributed by atoms with E-state index in [2.05, 4.69) is 18.3 Å². The van der Waals surface area contributed by atoms with Crippen molar-refractivity contribution in [3.8, 4) is 5.75 Å². The molecule has 10 heteroatoms. The summed E-state index contributed by atoms with van der Waals surface area (Å²) in [5.41, 5.74) is 6.61. The number of rotatable bonds is 15. The largest absolute Gasteiger partial charge is 0.482 e. The zero-order valence-electron chi connectivity index (χ0n) is 25.1. The van der Waals surface area contributed by atoms with Gasteiger partial charge in [0.15, 0.2) is 6.61 Å². The molecule has 0 spiro atoms. The number of carbonyl (C=O) groups is 3. The summed E-state index contributed by atoms with van der Waals surface area (Å²) in [4.78, 5) is 38.2. The van der Waals surface area contributed by atoms with E-state index in [0.29, 0.717) is 37.6 Å². The van der Waals surface area contributed by atoms with Crippen LogP contribution in [-0.4, -0.2) is 77.6 Å². The lowest BCUT2D eigenvalue weighted by Crippen LogP contribution is -2.56. The van der Waals surface area contributed by atoms with Gasteiger partial charge in [0.1, 0.15) is 17.4 Å². The van der Waals surface area contributed by atoms with Crippen molar-refractivity contribution in [2.24, 2.45) is 23.5 Å². The number of nitrogens with two attached hydrogens (primary N) is 1. The van der Waals surface area contributed by atoms with Gasteiger partial charge in [0.05, 0.1) is 6.10 Å². The van der Waals surface area contributed by atoms with Crippen molar-refractivity contribution in [1.82, 2.24) is 10.2 Å². The van der Waals surface area contributed by atoms with E-state index in [0.717, 1.165) is 56.1 Å². The monoisotopic (exact) mass is 575 g/mol. The van der Waals surface area contributed by atoms with Crippen LogP contribution in [0.25, 0.3) is 0 Å². The first-order chi connectivity index (χ1) is 19.5. The fraction of sp³-hybridized carbons (Fsp3) is 0.710. The standard InChI is InChI=1S/C31H49N3O7/c1-5-6-7-10-22(41-30(39)34(4)31(2,3)29(38)33-15-14-32)12-13-23-24-16-20-9-8-11-27(40-19-28(36)37)25(20)17-21(24)18-26(23)35/h8-9,11,21-24,26,35H,5-7,10,12-19,32H2,1-4H3,(H,33,38)(H,36,37). The Kier molecular flexibility index (Phi) is 11.8. The van der Waals surface area contributed by atoms with Crippen LogP contribution >= 0.6 is 0 Å². The van der Waals surface area contributed by atoms with Crippen LogP contribution in [0.3, 0.4) is 0 Å². The summed E-state index contributed by atoms with van der Waals surface area (Å²) >= 11 is 0. The average Bonchev–Trinajstić information content (AvgIpc) is 3.24. The summed E-state index contributed by atoms with van der Waals surface area (Å²) in [6.07, 6.45) is 6.10. The predicted molar refractivity (Wildman–Crippen MR) is 156 cm³/mol. The number of benzene rings is 1. The zero-order valence-corrected chi connectivity index (χ0v) is 25.1. The topological polar surface area (TPSA) is 151 Å². The number of fused-ring (bicyclic) bond motifs is 2. The molecule has 5 atom stereocenters. The zero-order chi connectivity index (χ0) is 30.2. The first-order valence-corrected chi connectivity index (χ1v) is 15.1. The molecule has 0 bridgehead atoms. The highest BCUT2D eigenvalue weighted by Crippen LogP contribution is 2.48. The van der Waals surface area contributed by atoms with Gasteiger partial charge in [-0.25, -0.2) is 9.59 Å². The summed E-state index contributed by atoms with van der Waals surface area (Å²) in [7, 11) is 1.58. The van der Waals surface area contributed by atoms with Gasteiger partial charge in [-0.3, -0.25) is 9.69 Å². The highest BCUT2D eigenvalue weighted by molar-refractivity contribution is 5.89. The molecule has 1 aromatic carbocycles. The van der Waals surface area contributed by atoms with Gasteiger partial charge >= 0.3 is 12.1 Å². The molecule has 1 aromatic rings. The molecule has 1 fully saturated rings. The molecule has 5 N–H and O–H groups in total. The molecule has 1 saturated carbocycles. The smallest absolute Gasteiger partial charge is 0.410 e. The fourth-order valence-corrected chi connectivity index (χ4v) is 6.35. The number of carboxylic acids is 1. The summed E-state index contributed by atoms with van der Waals surface area (Å²) in [6, 6.07) is 5.78. The molecule has 0 radical (unpaired) electrons. The number of nitrogens with one attached hydrogen (secondary N) is 1. The molecule has 10 nitrogen and oxygen atoms in total.